The van der Waals surface area contributed by atoms with Gasteiger partial charge in [-0.25, -0.2) is 4.98 Å². The molecule has 1 aliphatic carbocycles. The minimum Gasteiger partial charge on any atom is -0.357 e. The molecule has 126 valence electrons. The number of nitrogens with zero attached hydrogens (tertiary/aromatic N) is 2. The van der Waals surface area contributed by atoms with Crippen LogP contribution in [0.4, 0.5) is 5.13 Å². The van der Waals surface area contributed by atoms with Crippen molar-refractivity contribution in [2.24, 2.45) is 5.92 Å². The lowest BCUT2D eigenvalue weighted by Gasteiger charge is -2.31. The van der Waals surface area contributed by atoms with Gasteiger partial charge in [0.2, 0.25) is 5.91 Å². The molecule has 0 aromatic carbocycles. The van der Waals surface area contributed by atoms with E-state index in [4.69, 9.17) is 12.2 Å². The number of nitrogens with one attached hydrogen (secondary N) is 1. The Kier molecular flexibility index (Phi) is 5.93. The van der Waals surface area contributed by atoms with Gasteiger partial charge in [0.15, 0.2) is 5.13 Å². The van der Waals surface area contributed by atoms with E-state index < -0.39 is 0 Å². The van der Waals surface area contributed by atoms with Crippen LogP contribution in [0.1, 0.15) is 43.2 Å². The standard InChI is InChI=1S/C16H23N3OS3/c1-11-6-8-19(9-7-11)16(21)22-10-14(20)18-15-17-12-4-2-3-5-13(12)23-15/h11H,2-10H2,1H3,(H,17,18,20). The number of aryl methyl sites for hydroxylation is 2. The molecule has 2 heterocycles. The van der Waals surface area contributed by atoms with Crippen LogP contribution in [0, 0.1) is 5.92 Å². The van der Waals surface area contributed by atoms with Crippen LogP contribution < -0.4 is 5.32 Å². The van der Waals surface area contributed by atoms with E-state index in [0.717, 1.165) is 41.3 Å². The zero-order valence-electron chi connectivity index (χ0n) is 13.5. The Bertz CT molecular complexity index is 556. The molecule has 1 saturated heterocycles. The first-order chi connectivity index (χ1) is 11.1. The molecule has 0 bridgehead atoms. The first-order valence-electron chi connectivity index (χ1n) is 8.32. The number of amides is 1. The predicted molar refractivity (Wildman–Crippen MR) is 102 cm³/mol. The summed E-state index contributed by atoms with van der Waals surface area (Å²) < 4.78 is 0.852. The van der Waals surface area contributed by atoms with Gasteiger partial charge in [0.1, 0.15) is 4.32 Å². The van der Waals surface area contributed by atoms with Crippen molar-refractivity contribution in [2.45, 2.75) is 45.4 Å². The van der Waals surface area contributed by atoms with Gasteiger partial charge in [-0.2, -0.15) is 0 Å². The summed E-state index contributed by atoms with van der Waals surface area (Å²) in [5, 5.41) is 3.68. The first-order valence-corrected chi connectivity index (χ1v) is 10.5. The highest BCUT2D eigenvalue weighted by molar-refractivity contribution is 8.23. The average Bonchev–Trinajstić information content (AvgIpc) is 2.95. The second-order valence-corrected chi connectivity index (χ2v) is 9.06. The van der Waals surface area contributed by atoms with Crippen molar-refractivity contribution in [1.29, 1.82) is 0 Å². The van der Waals surface area contributed by atoms with Crippen molar-refractivity contribution in [1.82, 2.24) is 9.88 Å². The minimum atomic E-state index is -0.00572. The first kappa shape index (κ1) is 17.2. The quantitative estimate of drug-likeness (QED) is 0.823. The topological polar surface area (TPSA) is 45.2 Å². The molecule has 0 spiro atoms. The van der Waals surface area contributed by atoms with Gasteiger partial charge in [-0.05, 0) is 44.4 Å². The predicted octanol–water partition coefficient (Wildman–Crippen LogP) is 3.71. The summed E-state index contributed by atoms with van der Waals surface area (Å²) in [6.45, 7) is 4.33. The highest BCUT2D eigenvalue weighted by Gasteiger charge is 2.20. The maximum Gasteiger partial charge on any atom is 0.236 e. The Morgan fingerprint density at radius 3 is 2.87 bits per heavy atom. The largest absolute Gasteiger partial charge is 0.357 e. The van der Waals surface area contributed by atoms with E-state index in [-0.39, 0.29) is 5.91 Å². The van der Waals surface area contributed by atoms with E-state index in [1.165, 1.54) is 48.0 Å². The van der Waals surface area contributed by atoms with Gasteiger partial charge in [-0.15, -0.1) is 11.3 Å². The van der Waals surface area contributed by atoms with E-state index in [1.54, 1.807) is 11.3 Å². The molecule has 0 saturated carbocycles. The lowest BCUT2D eigenvalue weighted by Crippen LogP contribution is -2.36. The molecule has 1 aromatic heterocycles. The smallest absolute Gasteiger partial charge is 0.236 e. The fourth-order valence-corrected chi connectivity index (χ4v) is 5.09. The van der Waals surface area contributed by atoms with Crippen LogP contribution >= 0.6 is 35.3 Å². The van der Waals surface area contributed by atoms with Gasteiger partial charge in [0.05, 0.1) is 11.4 Å². The van der Waals surface area contributed by atoms with E-state index in [9.17, 15) is 4.79 Å². The van der Waals surface area contributed by atoms with Crippen LogP contribution in [0.15, 0.2) is 0 Å². The number of anilines is 1. The van der Waals surface area contributed by atoms with Gasteiger partial charge < -0.3 is 10.2 Å². The molecular weight excluding hydrogens is 346 g/mol. The Morgan fingerprint density at radius 2 is 2.13 bits per heavy atom. The minimum absolute atomic E-state index is 0.00572. The molecule has 1 aromatic rings. The second-order valence-electron chi connectivity index (χ2n) is 6.37. The second kappa shape index (κ2) is 7.94. The summed E-state index contributed by atoms with van der Waals surface area (Å²) >= 11 is 8.56. The molecule has 23 heavy (non-hydrogen) atoms. The van der Waals surface area contributed by atoms with Gasteiger partial charge in [0, 0.05) is 18.0 Å². The molecule has 3 rings (SSSR count). The normalized spacial score (nSPS) is 18.6. The summed E-state index contributed by atoms with van der Waals surface area (Å²) in [7, 11) is 0. The van der Waals surface area contributed by atoms with Crippen LogP contribution in [0.25, 0.3) is 0 Å². The summed E-state index contributed by atoms with van der Waals surface area (Å²) in [5.41, 5.74) is 1.18. The summed E-state index contributed by atoms with van der Waals surface area (Å²) in [6.07, 6.45) is 6.99. The van der Waals surface area contributed by atoms with Crippen LogP contribution in [0.5, 0.6) is 0 Å². The van der Waals surface area contributed by atoms with Crippen LogP contribution in [-0.2, 0) is 17.6 Å². The van der Waals surface area contributed by atoms with Gasteiger partial charge in [-0.3, -0.25) is 4.79 Å². The lowest BCUT2D eigenvalue weighted by atomic mass is 10.00. The van der Waals surface area contributed by atoms with Gasteiger partial charge >= 0.3 is 0 Å². The molecule has 1 fully saturated rings. The van der Waals surface area contributed by atoms with Gasteiger partial charge in [0.25, 0.3) is 0 Å². The van der Waals surface area contributed by atoms with Crippen molar-refractivity contribution in [3.63, 3.8) is 0 Å². The Hall–Kier alpha value is -0.660. The van der Waals surface area contributed by atoms with Gasteiger partial charge in [-0.1, -0.05) is 30.9 Å². The number of carbonyl (C=O) groups excluding carboxylic acids is 1. The molecule has 1 aliphatic heterocycles. The van der Waals surface area contributed by atoms with Crippen molar-refractivity contribution >= 4 is 50.7 Å². The average molecular weight is 370 g/mol. The number of thiazole rings is 1. The monoisotopic (exact) mass is 369 g/mol. The van der Waals surface area contributed by atoms with Crippen molar-refractivity contribution in [2.75, 3.05) is 24.2 Å². The highest BCUT2D eigenvalue weighted by atomic mass is 32.2. The number of hydrogen-bond acceptors (Lipinski definition) is 5. The maximum atomic E-state index is 12.1. The van der Waals surface area contributed by atoms with Crippen molar-refractivity contribution in [3.8, 4) is 0 Å². The fourth-order valence-electron chi connectivity index (χ4n) is 2.97. The van der Waals surface area contributed by atoms with E-state index in [1.807, 2.05) is 0 Å². The molecule has 2 aliphatic rings. The number of hydrogen-bond donors (Lipinski definition) is 1. The van der Waals surface area contributed by atoms with E-state index >= 15 is 0 Å². The Morgan fingerprint density at radius 1 is 1.39 bits per heavy atom. The van der Waals surface area contributed by atoms with E-state index in [0.29, 0.717) is 5.75 Å². The third-order valence-corrected chi connectivity index (χ3v) is 7.06. The third kappa shape index (κ3) is 4.67. The molecule has 0 radical (unpaired) electrons. The number of aromatic nitrogens is 1. The number of piperidine rings is 1. The summed E-state index contributed by atoms with van der Waals surface area (Å²) in [5.74, 6) is 1.15. The van der Waals surface area contributed by atoms with E-state index in [2.05, 4.69) is 22.1 Å². The summed E-state index contributed by atoms with van der Waals surface area (Å²) in [4.78, 5) is 20.2. The third-order valence-electron chi connectivity index (χ3n) is 4.46. The molecule has 1 amide bonds. The molecule has 0 atom stereocenters. The molecule has 4 nitrogen and oxygen atoms in total. The lowest BCUT2D eigenvalue weighted by molar-refractivity contribution is -0.113. The molecule has 7 heteroatoms. The maximum absolute atomic E-state index is 12.1. The van der Waals surface area contributed by atoms with Crippen molar-refractivity contribution in [3.05, 3.63) is 10.6 Å². The molecular formula is C16H23N3OS3. The SMILES string of the molecule is CC1CCN(C(=S)SCC(=O)Nc2nc3c(s2)CCCC3)CC1. The number of likely N-dealkylation sites (tertiary alicyclic amines) is 1. The van der Waals surface area contributed by atoms with Crippen LogP contribution in [0.2, 0.25) is 0 Å². The van der Waals surface area contributed by atoms with Crippen LogP contribution in [0.3, 0.4) is 0 Å². The highest BCUT2D eigenvalue weighted by Crippen LogP contribution is 2.29. The zero-order chi connectivity index (χ0) is 16.2. The fraction of sp³-hybridized carbons (Fsp3) is 0.688. The Balaban J connectivity index is 1.44. The number of thioether (sulfide) groups is 1. The van der Waals surface area contributed by atoms with Crippen molar-refractivity contribution < 1.29 is 4.79 Å². The molecule has 1 N–H and O–H groups in total. The number of carbonyl (C=O) groups is 1. The Labute approximate surface area is 151 Å². The number of fused-ring (bicyclic) bond motifs is 1. The number of thiocarbonyl (C=S) groups is 1. The summed E-state index contributed by atoms with van der Waals surface area (Å²) in [6, 6.07) is 0. The molecule has 0 unspecified atom stereocenters. The number of rotatable bonds is 3. The van der Waals surface area contributed by atoms with Crippen LogP contribution in [-0.4, -0.2) is 39.0 Å². The zero-order valence-corrected chi connectivity index (χ0v) is 15.9.